The van der Waals surface area contributed by atoms with E-state index in [1.54, 1.807) is 6.92 Å². The van der Waals surface area contributed by atoms with E-state index in [-0.39, 0.29) is 12.4 Å². The summed E-state index contributed by atoms with van der Waals surface area (Å²) in [6, 6.07) is 2.25. The summed E-state index contributed by atoms with van der Waals surface area (Å²) in [6.07, 6.45) is 0. The van der Waals surface area contributed by atoms with Gasteiger partial charge >= 0.3 is 0 Å². The summed E-state index contributed by atoms with van der Waals surface area (Å²) >= 11 is 5.02. The van der Waals surface area contributed by atoms with Gasteiger partial charge in [0.2, 0.25) is 5.82 Å². The highest BCUT2D eigenvalue weighted by atomic mass is 35.5. The minimum atomic E-state index is -1.28. The van der Waals surface area contributed by atoms with Crippen molar-refractivity contribution in [1.82, 2.24) is 0 Å². The molecule has 14 heavy (non-hydrogen) atoms. The first kappa shape index (κ1) is 10.9. The lowest BCUT2D eigenvalue weighted by Gasteiger charge is -2.06. The Balaban J connectivity index is 3.19. The van der Waals surface area contributed by atoms with Crippen molar-refractivity contribution in [3.8, 4) is 5.75 Å². The number of rotatable bonds is 3. The number of ether oxygens (including phenoxy) is 1. The standard InChI is InChI=1S/C9H7ClF2O2/c1-2-14-6-4-3-5(9(10)13)7(11)8(6)12/h3-4H,2H2,1H3. The van der Waals surface area contributed by atoms with E-state index in [2.05, 4.69) is 0 Å². The molecule has 0 radical (unpaired) electrons. The molecule has 1 aromatic carbocycles. The van der Waals surface area contributed by atoms with Crippen LogP contribution in [0.5, 0.6) is 5.75 Å². The fraction of sp³-hybridized carbons (Fsp3) is 0.222. The molecule has 1 aromatic rings. The normalized spacial score (nSPS) is 10.0. The predicted molar refractivity (Wildman–Crippen MR) is 47.7 cm³/mol. The Kier molecular flexibility index (Phi) is 3.41. The van der Waals surface area contributed by atoms with E-state index in [0.29, 0.717) is 0 Å². The van der Waals surface area contributed by atoms with Crippen molar-refractivity contribution in [2.75, 3.05) is 6.61 Å². The first-order valence-corrected chi connectivity index (χ1v) is 4.26. The Bertz CT molecular complexity index is 366. The number of halogens is 3. The van der Waals surface area contributed by atoms with Gasteiger partial charge in [0.05, 0.1) is 12.2 Å². The smallest absolute Gasteiger partial charge is 0.255 e. The molecule has 0 aromatic heterocycles. The van der Waals surface area contributed by atoms with Crippen LogP contribution in [0.4, 0.5) is 8.78 Å². The maximum atomic E-state index is 13.1. The summed E-state index contributed by atoms with van der Waals surface area (Å²) in [4.78, 5) is 10.6. The van der Waals surface area contributed by atoms with Crippen LogP contribution in [-0.2, 0) is 0 Å². The highest BCUT2D eigenvalue weighted by Gasteiger charge is 2.17. The van der Waals surface area contributed by atoms with Gasteiger partial charge in [-0.05, 0) is 30.7 Å². The van der Waals surface area contributed by atoms with Crippen LogP contribution in [0.3, 0.4) is 0 Å². The zero-order chi connectivity index (χ0) is 10.7. The second kappa shape index (κ2) is 4.37. The molecule has 2 nitrogen and oxygen atoms in total. The number of carbonyl (C=O) groups is 1. The van der Waals surface area contributed by atoms with Gasteiger partial charge in [0.25, 0.3) is 5.24 Å². The fourth-order valence-electron chi connectivity index (χ4n) is 0.951. The minimum absolute atomic E-state index is 0.213. The molecule has 0 aliphatic heterocycles. The van der Waals surface area contributed by atoms with Crippen LogP contribution >= 0.6 is 11.6 Å². The third-order valence-corrected chi connectivity index (χ3v) is 1.76. The van der Waals surface area contributed by atoms with Crippen LogP contribution in [0.25, 0.3) is 0 Å². The average Bonchev–Trinajstić information content (AvgIpc) is 2.13. The van der Waals surface area contributed by atoms with Gasteiger partial charge in [-0.1, -0.05) is 0 Å². The van der Waals surface area contributed by atoms with E-state index in [9.17, 15) is 13.6 Å². The maximum Gasteiger partial charge on any atom is 0.255 e. The van der Waals surface area contributed by atoms with Gasteiger partial charge < -0.3 is 4.74 Å². The highest BCUT2D eigenvalue weighted by Crippen LogP contribution is 2.23. The third-order valence-electron chi connectivity index (χ3n) is 1.56. The van der Waals surface area contributed by atoms with Crippen molar-refractivity contribution in [3.63, 3.8) is 0 Å². The van der Waals surface area contributed by atoms with Gasteiger partial charge in [0.1, 0.15) is 0 Å². The van der Waals surface area contributed by atoms with Crippen molar-refractivity contribution in [3.05, 3.63) is 29.3 Å². The Morgan fingerprint density at radius 3 is 2.57 bits per heavy atom. The number of hydrogen-bond donors (Lipinski definition) is 0. The van der Waals surface area contributed by atoms with E-state index < -0.39 is 22.4 Å². The second-order valence-corrected chi connectivity index (χ2v) is 2.79. The van der Waals surface area contributed by atoms with Gasteiger partial charge in [-0.25, -0.2) is 4.39 Å². The molecule has 0 aliphatic carbocycles. The molecule has 76 valence electrons. The molecule has 0 N–H and O–H groups in total. The highest BCUT2D eigenvalue weighted by molar-refractivity contribution is 6.67. The van der Waals surface area contributed by atoms with Crippen molar-refractivity contribution >= 4 is 16.8 Å². The van der Waals surface area contributed by atoms with E-state index >= 15 is 0 Å². The molecule has 0 heterocycles. The van der Waals surface area contributed by atoms with Crippen LogP contribution in [0.2, 0.25) is 0 Å². The first-order valence-electron chi connectivity index (χ1n) is 3.88. The van der Waals surface area contributed by atoms with E-state index in [1.807, 2.05) is 0 Å². The summed E-state index contributed by atoms with van der Waals surface area (Å²) in [5, 5.41) is -1.04. The van der Waals surface area contributed by atoms with Crippen LogP contribution in [0.1, 0.15) is 17.3 Å². The topological polar surface area (TPSA) is 26.3 Å². The lowest BCUT2D eigenvalue weighted by atomic mass is 10.2. The molecule has 0 bridgehead atoms. The average molecular weight is 221 g/mol. The van der Waals surface area contributed by atoms with Gasteiger partial charge in [0, 0.05) is 0 Å². The van der Waals surface area contributed by atoms with Crippen molar-refractivity contribution in [2.24, 2.45) is 0 Å². The quantitative estimate of drug-likeness (QED) is 0.733. The maximum absolute atomic E-state index is 13.1. The van der Waals surface area contributed by atoms with Gasteiger partial charge in [-0.3, -0.25) is 4.79 Å². The molecule has 0 saturated carbocycles. The lowest BCUT2D eigenvalue weighted by molar-refractivity contribution is 0.107. The van der Waals surface area contributed by atoms with Gasteiger partial charge in [0.15, 0.2) is 11.6 Å². The molecule has 0 unspecified atom stereocenters. The Morgan fingerprint density at radius 1 is 1.43 bits per heavy atom. The number of carbonyl (C=O) groups excluding carboxylic acids is 1. The van der Waals surface area contributed by atoms with Crippen LogP contribution < -0.4 is 4.74 Å². The Morgan fingerprint density at radius 2 is 2.07 bits per heavy atom. The third kappa shape index (κ3) is 2.01. The fourth-order valence-corrected chi connectivity index (χ4v) is 1.10. The SMILES string of the molecule is CCOc1ccc(C(=O)Cl)c(F)c1F. The molecule has 5 heteroatoms. The summed E-state index contributed by atoms with van der Waals surface area (Å²) < 4.78 is 31.0. The van der Waals surface area contributed by atoms with E-state index in [1.165, 1.54) is 0 Å². The molecule has 0 spiro atoms. The van der Waals surface area contributed by atoms with Gasteiger partial charge in [-0.15, -0.1) is 0 Å². The molecule has 0 atom stereocenters. The molecule has 1 rings (SSSR count). The van der Waals surface area contributed by atoms with Crippen LogP contribution in [0, 0.1) is 11.6 Å². The van der Waals surface area contributed by atoms with E-state index in [0.717, 1.165) is 12.1 Å². The van der Waals surface area contributed by atoms with Crippen LogP contribution in [0.15, 0.2) is 12.1 Å². The molecular weight excluding hydrogens is 214 g/mol. The van der Waals surface area contributed by atoms with Gasteiger partial charge in [-0.2, -0.15) is 4.39 Å². The molecule has 0 fully saturated rings. The Hall–Kier alpha value is -1.16. The molecule has 0 aliphatic rings. The monoisotopic (exact) mass is 220 g/mol. The minimum Gasteiger partial charge on any atom is -0.491 e. The van der Waals surface area contributed by atoms with Crippen molar-refractivity contribution in [1.29, 1.82) is 0 Å². The van der Waals surface area contributed by atoms with Crippen LogP contribution in [-0.4, -0.2) is 11.8 Å². The molecule has 0 amide bonds. The zero-order valence-electron chi connectivity index (χ0n) is 7.31. The van der Waals surface area contributed by atoms with E-state index in [4.69, 9.17) is 16.3 Å². The summed E-state index contributed by atoms with van der Waals surface area (Å²) in [7, 11) is 0. The largest absolute Gasteiger partial charge is 0.491 e. The summed E-state index contributed by atoms with van der Waals surface area (Å²) in [5.74, 6) is -2.71. The van der Waals surface area contributed by atoms with Crippen molar-refractivity contribution < 1.29 is 18.3 Å². The molecular formula is C9H7ClF2O2. The Labute approximate surface area is 84.4 Å². The first-order chi connectivity index (χ1) is 6.57. The predicted octanol–water partition coefficient (Wildman–Crippen LogP) is 2.74. The zero-order valence-corrected chi connectivity index (χ0v) is 8.07. The second-order valence-electron chi connectivity index (χ2n) is 2.45. The number of hydrogen-bond acceptors (Lipinski definition) is 2. The van der Waals surface area contributed by atoms with Crippen molar-refractivity contribution in [2.45, 2.75) is 6.92 Å². The summed E-state index contributed by atoms with van der Waals surface area (Å²) in [5.41, 5.74) is -0.493. The molecule has 0 saturated heterocycles. The number of benzene rings is 1. The summed E-state index contributed by atoms with van der Waals surface area (Å²) in [6.45, 7) is 1.85. The lowest BCUT2D eigenvalue weighted by Crippen LogP contribution is -2.02.